The van der Waals surface area contributed by atoms with Crippen molar-refractivity contribution in [1.29, 1.82) is 0 Å². The van der Waals surface area contributed by atoms with Gasteiger partial charge in [-0.25, -0.2) is 18.4 Å². The molecular formula is C25H18F14O5. The van der Waals surface area contributed by atoms with E-state index in [0.29, 0.717) is 11.6 Å². The fourth-order valence-corrected chi connectivity index (χ4v) is 3.28. The van der Waals surface area contributed by atoms with Crippen LogP contribution in [0.15, 0.2) is 48.5 Å². The summed E-state index contributed by atoms with van der Waals surface area (Å²) in [6.45, 7) is -3.88. The summed E-state index contributed by atoms with van der Waals surface area (Å²) >= 11 is 0. The topological polar surface area (TPSA) is 61.8 Å². The van der Waals surface area contributed by atoms with E-state index in [1.807, 2.05) is 0 Å². The van der Waals surface area contributed by atoms with Gasteiger partial charge in [-0.3, -0.25) is 0 Å². The van der Waals surface area contributed by atoms with Gasteiger partial charge in [-0.2, -0.15) is 52.7 Å². The Hall–Kier alpha value is -3.80. The summed E-state index contributed by atoms with van der Waals surface area (Å²) in [7, 11) is 0. The van der Waals surface area contributed by atoms with Crippen molar-refractivity contribution in [2.24, 2.45) is 0 Å². The highest BCUT2D eigenvalue weighted by atomic mass is 19.4. The molecule has 5 nitrogen and oxygen atoms in total. The fraction of sp³-hybridized carbons (Fsp3) is 0.440. The van der Waals surface area contributed by atoms with E-state index in [-0.39, 0.29) is 6.61 Å². The van der Waals surface area contributed by atoms with Crippen molar-refractivity contribution in [3.05, 3.63) is 65.2 Å². The second kappa shape index (κ2) is 13.1. The van der Waals surface area contributed by atoms with Crippen LogP contribution in [0, 0.1) is 0 Å². The Balaban J connectivity index is 2.29. The fourth-order valence-electron chi connectivity index (χ4n) is 3.28. The summed E-state index contributed by atoms with van der Waals surface area (Å²) in [6.07, 6.45) is -30.6. The molecule has 0 N–H and O–H groups in total. The maximum absolute atomic E-state index is 13.8. The van der Waals surface area contributed by atoms with Crippen molar-refractivity contribution in [3.63, 3.8) is 0 Å². The van der Waals surface area contributed by atoms with Crippen molar-refractivity contribution in [2.45, 2.75) is 55.5 Å². The van der Waals surface area contributed by atoms with E-state index >= 15 is 0 Å². The van der Waals surface area contributed by atoms with Gasteiger partial charge in [-0.05, 0) is 23.8 Å². The largest absolute Gasteiger partial charge is 0.489 e. The minimum absolute atomic E-state index is 0.295. The first-order chi connectivity index (χ1) is 19.9. The molecule has 0 heterocycles. The van der Waals surface area contributed by atoms with Gasteiger partial charge in [-0.1, -0.05) is 30.3 Å². The lowest BCUT2D eigenvalue weighted by atomic mass is 10.0. The molecule has 0 atom stereocenters. The van der Waals surface area contributed by atoms with Gasteiger partial charge in [0.2, 0.25) is 0 Å². The zero-order valence-electron chi connectivity index (χ0n) is 21.5. The molecule has 0 radical (unpaired) electrons. The molecule has 0 amide bonds. The summed E-state index contributed by atoms with van der Waals surface area (Å²) in [4.78, 5) is 24.8. The van der Waals surface area contributed by atoms with E-state index in [0.717, 1.165) is 12.1 Å². The number of hydrogen-bond donors (Lipinski definition) is 0. The van der Waals surface area contributed by atoms with Gasteiger partial charge in [0.1, 0.15) is 12.4 Å². The molecular weight excluding hydrogens is 646 g/mol. The zero-order valence-corrected chi connectivity index (χ0v) is 21.5. The molecule has 0 saturated carbocycles. The first-order valence-electron chi connectivity index (χ1n) is 11.7. The Morgan fingerprint density at radius 1 is 0.545 bits per heavy atom. The minimum Gasteiger partial charge on any atom is -0.489 e. The van der Waals surface area contributed by atoms with Gasteiger partial charge in [0.05, 0.1) is 24.3 Å². The molecule has 0 saturated heterocycles. The van der Waals surface area contributed by atoms with E-state index in [4.69, 9.17) is 4.74 Å². The van der Waals surface area contributed by atoms with Crippen LogP contribution in [0.5, 0.6) is 5.75 Å². The summed E-state index contributed by atoms with van der Waals surface area (Å²) in [6, 6.07) is 9.78. The summed E-state index contributed by atoms with van der Waals surface area (Å²) in [5.74, 6) is -3.94. The lowest BCUT2D eigenvalue weighted by Crippen LogP contribution is -2.53. The van der Waals surface area contributed by atoms with Crippen molar-refractivity contribution >= 4 is 11.9 Å². The van der Waals surface area contributed by atoms with Gasteiger partial charge >= 0.3 is 48.0 Å². The van der Waals surface area contributed by atoms with Crippen LogP contribution < -0.4 is 4.74 Å². The van der Waals surface area contributed by atoms with Gasteiger partial charge in [0.25, 0.3) is 0 Å². The van der Waals surface area contributed by atoms with Crippen LogP contribution in [0.3, 0.4) is 0 Å². The van der Waals surface area contributed by atoms with E-state index in [9.17, 15) is 71.1 Å². The molecule has 0 aliphatic rings. The predicted octanol–water partition coefficient (Wildman–Crippen LogP) is 8.03. The first-order valence-corrected chi connectivity index (χ1v) is 11.7. The highest BCUT2D eigenvalue weighted by molar-refractivity contribution is 5.96. The Morgan fingerprint density at radius 2 is 0.909 bits per heavy atom. The van der Waals surface area contributed by atoms with Gasteiger partial charge in [-0.15, -0.1) is 0 Å². The normalized spacial score (nSPS) is 13.4. The summed E-state index contributed by atoms with van der Waals surface area (Å²) < 4.78 is 194. The number of carbonyl (C=O) groups excluding carboxylic acids is 2. The molecule has 0 unspecified atom stereocenters. The SMILES string of the molecule is O=C(OCCC(F)(C(F)(F)F)C(F)(F)F)c1cc(OCc2ccccc2)cc(C(=O)OCCC(F)(C(F)(F)F)C(F)(F)F)c1. The quantitative estimate of drug-likeness (QED) is 0.180. The number of carbonyl (C=O) groups is 2. The molecule has 44 heavy (non-hydrogen) atoms. The molecule has 246 valence electrons. The van der Waals surface area contributed by atoms with Crippen LogP contribution in [-0.2, 0) is 16.1 Å². The number of alkyl halides is 14. The van der Waals surface area contributed by atoms with Gasteiger partial charge in [0.15, 0.2) is 0 Å². The lowest BCUT2D eigenvalue weighted by Gasteiger charge is -2.29. The molecule has 19 heteroatoms. The summed E-state index contributed by atoms with van der Waals surface area (Å²) in [5.41, 5.74) is -12.8. The highest BCUT2D eigenvalue weighted by Crippen LogP contribution is 2.49. The van der Waals surface area contributed by atoms with Crippen LogP contribution in [0.2, 0.25) is 0 Å². The Kier molecular flexibility index (Phi) is 10.8. The maximum atomic E-state index is 13.8. The first kappa shape index (κ1) is 36.4. The standard InChI is InChI=1S/C25H18F14O5/c26-20(22(28,29)30,23(31,32)33)6-8-42-18(40)15-10-16(12-17(11-15)44-13-14-4-2-1-3-5-14)19(41)43-9-7-21(27,24(34,35)36)25(37,38)39/h1-5,10-12H,6-9,13H2. The van der Waals surface area contributed by atoms with Crippen LogP contribution in [0.1, 0.15) is 39.1 Å². The highest BCUT2D eigenvalue weighted by Gasteiger charge is 2.73. The second-order valence-electron chi connectivity index (χ2n) is 8.89. The molecule has 2 aromatic rings. The molecule has 0 spiro atoms. The molecule has 2 rings (SSSR count). The minimum atomic E-state index is -6.45. The van der Waals surface area contributed by atoms with Gasteiger partial charge in [0, 0.05) is 12.8 Å². The van der Waals surface area contributed by atoms with Crippen LogP contribution in [0.25, 0.3) is 0 Å². The van der Waals surface area contributed by atoms with Crippen LogP contribution in [-0.4, -0.2) is 61.2 Å². The number of benzene rings is 2. The van der Waals surface area contributed by atoms with E-state index in [1.54, 1.807) is 18.2 Å². The number of hydrogen-bond acceptors (Lipinski definition) is 5. The van der Waals surface area contributed by atoms with E-state index < -0.39 is 90.9 Å². The zero-order chi connectivity index (χ0) is 33.8. The van der Waals surface area contributed by atoms with Crippen LogP contribution in [0.4, 0.5) is 61.5 Å². The Bertz CT molecular complexity index is 1180. The third kappa shape index (κ3) is 8.43. The average Bonchev–Trinajstić information content (AvgIpc) is 2.89. The number of ether oxygens (including phenoxy) is 3. The average molecular weight is 664 g/mol. The lowest BCUT2D eigenvalue weighted by molar-refractivity contribution is -0.345. The van der Waals surface area contributed by atoms with Crippen LogP contribution >= 0.6 is 0 Å². The third-order valence-corrected chi connectivity index (χ3v) is 5.78. The second-order valence-corrected chi connectivity index (χ2v) is 8.89. The molecule has 0 fully saturated rings. The maximum Gasteiger partial charge on any atom is 0.431 e. The van der Waals surface area contributed by atoms with E-state index in [1.165, 1.54) is 12.1 Å². The van der Waals surface area contributed by atoms with E-state index in [2.05, 4.69) is 9.47 Å². The summed E-state index contributed by atoms with van der Waals surface area (Å²) in [5, 5.41) is 0. The van der Waals surface area contributed by atoms with Crippen molar-refractivity contribution in [2.75, 3.05) is 13.2 Å². The number of rotatable bonds is 11. The smallest absolute Gasteiger partial charge is 0.431 e. The Morgan fingerprint density at radius 3 is 1.25 bits per heavy atom. The number of esters is 2. The molecule has 0 aliphatic heterocycles. The van der Waals surface area contributed by atoms with Crippen molar-refractivity contribution < 1.29 is 85.3 Å². The monoisotopic (exact) mass is 664 g/mol. The third-order valence-electron chi connectivity index (χ3n) is 5.78. The number of halogens is 14. The molecule has 0 bridgehead atoms. The molecule has 0 aromatic heterocycles. The predicted molar refractivity (Wildman–Crippen MR) is 119 cm³/mol. The Labute approximate surface area is 237 Å². The molecule has 0 aliphatic carbocycles. The van der Waals surface area contributed by atoms with Crippen molar-refractivity contribution in [1.82, 2.24) is 0 Å². The van der Waals surface area contributed by atoms with Crippen molar-refractivity contribution in [3.8, 4) is 5.75 Å². The molecule has 2 aromatic carbocycles. The van der Waals surface area contributed by atoms with Gasteiger partial charge < -0.3 is 14.2 Å².